The first-order chi connectivity index (χ1) is 13.0. The van der Waals surface area contributed by atoms with Gasteiger partial charge in [-0.25, -0.2) is 8.78 Å². The molecule has 1 fully saturated rings. The number of anilines is 1. The molecule has 1 aliphatic heterocycles. The van der Waals surface area contributed by atoms with Gasteiger partial charge in [0, 0.05) is 30.8 Å². The van der Waals surface area contributed by atoms with Crippen LogP contribution in [0.25, 0.3) is 0 Å². The van der Waals surface area contributed by atoms with Gasteiger partial charge in [0.25, 0.3) is 5.91 Å². The Hall–Kier alpha value is -3.16. The third kappa shape index (κ3) is 4.52. The highest BCUT2D eigenvalue weighted by molar-refractivity contribution is 5.97. The lowest BCUT2D eigenvalue weighted by molar-refractivity contribution is -0.123. The Kier molecular flexibility index (Phi) is 5.54. The summed E-state index contributed by atoms with van der Waals surface area (Å²) in [7, 11) is 1.54. The normalized spacial score (nSPS) is 16.3. The van der Waals surface area contributed by atoms with Gasteiger partial charge in [-0.2, -0.15) is 0 Å². The summed E-state index contributed by atoms with van der Waals surface area (Å²) in [4.78, 5) is 25.8. The molecule has 8 heteroatoms. The monoisotopic (exact) mass is 376 g/mol. The maximum absolute atomic E-state index is 13.5. The van der Waals surface area contributed by atoms with Crippen molar-refractivity contribution in [2.24, 2.45) is 0 Å². The lowest BCUT2D eigenvalue weighted by Crippen LogP contribution is -2.39. The third-order valence-electron chi connectivity index (χ3n) is 4.11. The Morgan fingerprint density at radius 2 is 2.07 bits per heavy atom. The molecule has 1 N–H and O–H groups in total. The number of nitrogens with zero attached hydrogens (tertiary/aromatic N) is 1. The van der Waals surface area contributed by atoms with Crippen LogP contribution in [-0.2, 0) is 9.59 Å². The minimum absolute atomic E-state index is 0.126. The van der Waals surface area contributed by atoms with Gasteiger partial charge in [0.15, 0.2) is 18.2 Å². The molecule has 1 unspecified atom stereocenters. The number of nitrogens with one attached hydrogen (secondary N) is 1. The Morgan fingerprint density at radius 3 is 2.81 bits per heavy atom. The van der Waals surface area contributed by atoms with Crippen molar-refractivity contribution < 1.29 is 27.8 Å². The van der Waals surface area contributed by atoms with Crippen LogP contribution in [0.15, 0.2) is 42.5 Å². The van der Waals surface area contributed by atoms with Crippen LogP contribution in [0, 0.1) is 11.6 Å². The summed E-state index contributed by atoms with van der Waals surface area (Å²) in [5.74, 6) is -1.83. The van der Waals surface area contributed by atoms with Crippen LogP contribution >= 0.6 is 0 Å². The molecule has 0 aromatic heterocycles. The predicted octanol–water partition coefficient (Wildman–Crippen LogP) is 2.27. The molecule has 142 valence electrons. The molecule has 1 aliphatic rings. The van der Waals surface area contributed by atoms with Crippen molar-refractivity contribution >= 4 is 17.5 Å². The highest BCUT2D eigenvalue weighted by Crippen LogP contribution is 2.25. The Labute approximate surface area is 154 Å². The topological polar surface area (TPSA) is 67.9 Å². The van der Waals surface area contributed by atoms with E-state index >= 15 is 0 Å². The van der Waals surface area contributed by atoms with Gasteiger partial charge >= 0.3 is 0 Å². The van der Waals surface area contributed by atoms with E-state index in [4.69, 9.17) is 9.47 Å². The molecule has 0 bridgehead atoms. The second-order valence-electron chi connectivity index (χ2n) is 6.04. The quantitative estimate of drug-likeness (QED) is 0.840. The fourth-order valence-electron chi connectivity index (χ4n) is 2.84. The molecule has 0 saturated carbocycles. The molecule has 27 heavy (non-hydrogen) atoms. The van der Waals surface area contributed by atoms with E-state index in [0.29, 0.717) is 24.0 Å². The summed E-state index contributed by atoms with van der Waals surface area (Å²) in [5, 5.41) is 2.68. The molecule has 0 aliphatic carbocycles. The Morgan fingerprint density at radius 1 is 1.26 bits per heavy atom. The number of rotatable bonds is 6. The van der Waals surface area contributed by atoms with Gasteiger partial charge in [-0.05, 0) is 24.3 Å². The number of hydrogen-bond donors (Lipinski definition) is 1. The third-order valence-corrected chi connectivity index (χ3v) is 4.11. The van der Waals surface area contributed by atoms with E-state index in [1.54, 1.807) is 29.2 Å². The van der Waals surface area contributed by atoms with Gasteiger partial charge in [0.2, 0.25) is 5.91 Å². The van der Waals surface area contributed by atoms with Crippen LogP contribution < -0.4 is 19.7 Å². The van der Waals surface area contributed by atoms with E-state index in [0.717, 1.165) is 12.1 Å². The maximum atomic E-state index is 13.5. The van der Waals surface area contributed by atoms with Crippen LogP contribution in [0.3, 0.4) is 0 Å². The number of amides is 2. The lowest BCUT2D eigenvalue weighted by atomic mass is 10.2. The minimum atomic E-state index is -0.886. The number of halogens is 2. The average molecular weight is 376 g/mol. The van der Waals surface area contributed by atoms with Crippen molar-refractivity contribution in [2.75, 3.05) is 25.2 Å². The molecule has 1 heterocycles. The highest BCUT2D eigenvalue weighted by atomic mass is 19.1. The van der Waals surface area contributed by atoms with Crippen molar-refractivity contribution in [3.05, 3.63) is 54.1 Å². The number of ether oxygens (including phenoxy) is 2. The van der Waals surface area contributed by atoms with Gasteiger partial charge < -0.3 is 19.7 Å². The minimum Gasteiger partial charge on any atom is -0.497 e. The van der Waals surface area contributed by atoms with Crippen molar-refractivity contribution in [3.8, 4) is 11.5 Å². The molecular formula is C19H18F2N2O4. The van der Waals surface area contributed by atoms with Gasteiger partial charge in [-0.3, -0.25) is 9.59 Å². The zero-order valence-corrected chi connectivity index (χ0v) is 14.6. The maximum Gasteiger partial charge on any atom is 0.258 e. The van der Waals surface area contributed by atoms with Crippen molar-refractivity contribution in [2.45, 2.75) is 12.5 Å². The van der Waals surface area contributed by atoms with Crippen LogP contribution in [0.1, 0.15) is 6.42 Å². The lowest BCUT2D eigenvalue weighted by Gasteiger charge is -2.18. The smallest absolute Gasteiger partial charge is 0.258 e. The van der Waals surface area contributed by atoms with E-state index in [-0.39, 0.29) is 18.1 Å². The summed E-state index contributed by atoms with van der Waals surface area (Å²) in [6.07, 6.45) is 0.147. The Bertz CT molecular complexity index is 859. The SMILES string of the molecule is COc1cccc(N2CC(NC(=O)COc3ccc(F)cc3F)CC2=O)c1. The van der Waals surface area contributed by atoms with Gasteiger partial charge in [-0.15, -0.1) is 0 Å². The first kappa shape index (κ1) is 18.6. The number of hydrogen-bond acceptors (Lipinski definition) is 4. The van der Waals surface area contributed by atoms with Gasteiger partial charge in [-0.1, -0.05) is 6.07 Å². The molecule has 0 radical (unpaired) electrons. The molecule has 2 aromatic rings. The van der Waals surface area contributed by atoms with Crippen LogP contribution in [0.2, 0.25) is 0 Å². The molecule has 2 amide bonds. The molecule has 1 saturated heterocycles. The molecule has 0 spiro atoms. The van der Waals surface area contributed by atoms with E-state index in [9.17, 15) is 18.4 Å². The van der Waals surface area contributed by atoms with Crippen LogP contribution in [0.5, 0.6) is 11.5 Å². The molecule has 3 rings (SSSR count). The zero-order chi connectivity index (χ0) is 19.4. The second-order valence-corrected chi connectivity index (χ2v) is 6.04. The number of methoxy groups -OCH3 is 1. The van der Waals surface area contributed by atoms with Crippen molar-refractivity contribution in [3.63, 3.8) is 0 Å². The van der Waals surface area contributed by atoms with Crippen LogP contribution in [0.4, 0.5) is 14.5 Å². The summed E-state index contributed by atoms with van der Waals surface area (Å²) in [6.45, 7) is -0.130. The van der Waals surface area contributed by atoms with Gasteiger partial charge in [0.05, 0.1) is 13.2 Å². The largest absolute Gasteiger partial charge is 0.497 e. The van der Waals surface area contributed by atoms with E-state index in [1.165, 1.54) is 7.11 Å². The first-order valence-electron chi connectivity index (χ1n) is 8.28. The molecular weight excluding hydrogens is 358 g/mol. The van der Waals surface area contributed by atoms with Crippen LogP contribution in [-0.4, -0.2) is 38.1 Å². The highest BCUT2D eigenvalue weighted by Gasteiger charge is 2.31. The average Bonchev–Trinajstić information content (AvgIpc) is 3.01. The van der Waals surface area contributed by atoms with E-state index in [1.807, 2.05) is 0 Å². The molecule has 2 aromatic carbocycles. The Balaban J connectivity index is 1.55. The fourth-order valence-corrected chi connectivity index (χ4v) is 2.84. The molecule has 6 nitrogen and oxygen atoms in total. The standard InChI is InChI=1S/C19H18F2N2O4/c1-26-15-4-2-3-14(9-15)23-10-13(8-19(23)25)22-18(24)11-27-17-6-5-12(20)7-16(17)21/h2-7,9,13H,8,10-11H2,1H3,(H,22,24). The first-order valence-corrected chi connectivity index (χ1v) is 8.28. The summed E-state index contributed by atoms with van der Waals surface area (Å²) < 4.78 is 36.6. The van der Waals surface area contributed by atoms with E-state index in [2.05, 4.69) is 5.32 Å². The van der Waals surface area contributed by atoms with Crippen molar-refractivity contribution in [1.29, 1.82) is 0 Å². The second kappa shape index (κ2) is 8.03. The van der Waals surface area contributed by atoms with Gasteiger partial charge in [0.1, 0.15) is 11.6 Å². The molecule has 1 atom stereocenters. The number of carbonyl (C=O) groups excluding carboxylic acids is 2. The zero-order valence-electron chi connectivity index (χ0n) is 14.6. The summed E-state index contributed by atoms with van der Waals surface area (Å²) in [6, 6.07) is 9.51. The summed E-state index contributed by atoms with van der Waals surface area (Å²) in [5.41, 5.74) is 0.681. The fraction of sp³-hybridized carbons (Fsp3) is 0.263. The van der Waals surface area contributed by atoms with E-state index < -0.39 is 30.2 Å². The summed E-state index contributed by atoms with van der Waals surface area (Å²) >= 11 is 0. The number of benzene rings is 2. The predicted molar refractivity (Wildman–Crippen MR) is 93.7 cm³/mol. The van der Waals surface area contributed by atoms with Crippen molar-refractivity contribution in [1.82, 2.24) is 5.32 Å². The number of carbonyl (C=O) groups is 2.